The van der Waals surface area contributed by atoms with Crippen LogP contribution in [-0.2, 0) is 9.47 Å². The quantitative estimate of drug-likeness (QED) is 0.643. The number of carbonyl (C=O) groups excluding carboxylic acids is 1. The number of carbonyl (C=O) groups is 1. The van der Waals surface area contributed by atoms with E-state index in [2.05, 4.69) is 15.2 Å². The molecule has 0 aliphatic heterocycles. The third-order valence-electron chi connectivity index (χ3n) is 1.86. The van der Waals surface area contributed by atoms with Gasteiger partial charge in [-0.05, 0) is 12.8 Å². The number of amides is 1. The highest BCUT2D eigenvalue weighted by molar-refractivity contribution is 5.64. The minimum atomic E-state index is -2.37. The molecular weight excluding hydrogens is 243 g/mol. The topological polar surface area (TPSA) is 81.8 Å². The number of aliphatic hydroxyl groups excluding tert-OH is 1. The zero-order valence-electron chi connectivity index (χ0n) is 9.15. The van der Waals surface area contributed by atoms with Crippen LogP contribution in [0.2, 0.25) is 0 Å². The smallest absolute Gasteiger partial charge is 0.404 e. The molecule has 3 unspecified atom stereocenters. The highest BCUT2D eigenvalue weighted by Crippen LogP contribution is 2.17. The molecule has 0 heterocycles. The molecule has 0 saturated carbocycles. The van der Waals surface area contributed by atoms with Gasteiger partial charge in [0.1, 0.15) is 6.10 Å². The molecule has 1 amide bonds. The van der Waals surface area contributed by atoms with Gasteiger partial charge in [-0.15, -0.1) is 0 Å². The van der Waals surface area contributed by atoms with Crippen LogP contribution >= 0.6 is 0 Å². The molecule has 0 fully saturated rings. The Balaban J connectivity index is 4.27. The van der Waals surface area contributed by atoms with Gasteiger partial charge in [0.15, 0.2) is 6.17 Å². The fraction of sp³-hybridized carbons (Fsp3) is 0.889. The molecule has 0 aromatic rings. The number of aliphatic hydroxyl groups is 1. The molecule has 0 bridgehead atoms. The maximum Gasteiger partial charge on any atom is 0.404 e. The van der Waals surface area contributed by atoms with Gasteiger partial charge >= 0.3 is 6.09 Å². The zero-order valence-corrected chi connectivity index (χ0v) is 9.15. The Hall–Kier alpha value is -1.02. The van der Waals surface area contributed by atoms with Gasteiger partial charge < -0.3 is 20.3 Å². The first-order valence-corrected chi connectivity index (χ1v) is 5.05. The first-order chi connectivity index (χ1) is 8.02. The van der Waals surface area contributed by atoms with E-state index in [0.29, 0.717) is 0 Å². The van der Waals surface area contributed by atoms with Gasteiger partial charge in [-0.2, -0.15) is 0 Å². The van der Waals surface area contributed by atoms with E-state index in [0.717, 1.165) is 0 Å². The second-order valence-electron chi connectivity index (χ2n) is 3.20. The van der Waals surface area contributed by atoms with Crippen molar-refractivity contribution in [2.75, 3.05) is 19.9 Å². The molecule has 0 radical (unpaired) electrons. The fourth-order valence-electron chi connectivity index (χ4n) is 1.14. The average molecular weight is 259 g/mol. The number of ether oxygens (including phenoxy) is 2. The summed E-state index contributed by atoms with van der Waals surface area (Å²) >= 11 is 0. The van der Waals surface area contributed by atoms with Crippen molar-refractivity contribution in [3.8, 4) is 0 Å². The molecule has 0 rings (SSSR count). The number of alkyl halides is 3. The van der Waals surface area contributed by atoms with Crippen LogP contribution in [0, 0.1) is 0 Å². The molecule has 5 nitrogen and oxygen atoms in total. The van der Waals surface area contributed by atoms with Crippen molar-refractivity contribution in [2.24, 2.45) is 5.73 Å². The molecule has 0 saturated heterocycles. The largest absolute Gasteiger partial charge is 0.443 e. The molecule has 8 heteroatoms. The van der Waals surface area contributed by atoms with Crippen LogP contribution in [0.5, 0.6) is 0 Å². The van der Waals surface area contributed by atoms with E-state index in [4.69, 9.17) is 5.11 Å². The van der Waals surface area contributed by atoms with Crippen molar-refractivity contribution in [1.82, 2.24) is 0 Å². The molecule has 102 valence electrons. The number of primary amides is 1. The van der Waals surface area contributed by atoms with Crippen LogP contribution in [-0.4, -0.2) is 49.7 Å². The highest BCUT2D eigenvalue weighted by Gasteiger charge is 2.32. The summed E-state index contributed by atoms with van der Waals surface area (Å²) in [6, 6.07) is 0. The lowest BCUT2D eigenvalue weighted by atomic mass is 10.1. The first kappa shape index (κ1) is 16.0. The maximum absolute atomic E-state index is 13.4. The summed E-state index contributed by atoms with van der Waals surface area (Å²) in [5, 5.41) is 8.35. The van der Waals surface area contributed by atoms with Crippen LogP contribution in [0.4, 0.5) is 18.0 Å². The van der Waals surface area contributed by atoms with Crippen LogP contribution in [0.1, 0.15) is 12.8 Å². The molecule has 0 aromatic carbocycles. The summed E-state index contributed by atoms with van der Waals surface area (Å²) in [5.74, 6) is 0. The van der Waals surface area contributed by atoms with Gasteiger partial charge in [0.2, 0.25) is 6.36 Å². The lowest BCUT2D eigenvalue weighted by molar-refractivity contribution is -0.125. The van der Waals surface area contributed by atoms with Crippen LogP contribution < -0.4 is 5.73 Å². The summed E-state index contributed by atoms with van der Waals surface area (Å²) in [6.07, 6.45) is -7.72. The summed E-state index contributed by atoms with van der Waals surface area (Å²) in [4.78, 5) is 10.5. The molecule has 0 aromatic heterocycles. The van der Waals surface area contributed by atoms with Crippen molar-refractivity contribution >= 4 is 6.09 Å². The first-order valence-electron chi connectivity index (χ1n) is 5.05. The second kappa shape index (κ2) is 9.06. The number of hydrogen-bond donors (Lipinski definition) is 2. The minimum Gasteiger partial charge on any atom is -0.443 e. The Bertz CT molecular complexity index is 220. The lowest BCUT2D eigenvalue weighted by Gasteiger charge is -2.22. The van der Waals surface area contributed by atoms with Crippen molar-refractivity contribution in [3.63, 3.8) is 0 Å². The van der Waals surface area contributed by atoms with E-state index >= 15 is 0 Å². The minimum absolute atomic E-state index is 0.0922. The van der Waals surface area contributed by atoms with Gasteiger partial charge in [-0.3, -0.25) is 4.39 Å². The molecular formula is C9H16F3NO4. The maximum atomic E-state index is 13.4. The summed E-state index contributed by atoms with van der Waals surface area (Å²) in [5.41, 5.74) is 4.68. The van der Waals surface area contributed by atoms with E-state index in [1.54, 1.807) is 0 Å². The van der Waals surface area contributed by atoms with E-state index in [9.17, 15) is 18.0 Å². The highest BCUT2D eigenvalue weighted by atomic mass is 19.2. The molecule has 3 N–H and O–H groups in total. The van der Waals surface area contributed by atoms with Crippen LogP contribution in [0.15, 0.2) is 0 Å². The fourth-order valence-corrected chi connectivity index (χ4v) is 1.14. The lowest BCUT2D eigenvalue weighted by Crippen LogP contribution is -2.38. The third-order valence-corrected chi connectivity index (χ3v) is 1.86. The molecule has 17 heavy (non-hydrogen) atoms. The number of nitrogens with two attached hydrogens (primary N) is 1. The summed E-state index contributed by atoms with van der Waals surface area (Å²) in [6.45, 7) is -1.62. The van der Waals surface area contributed by atoms with Crippen molar-refractivity contribution in [2.45, 2.75) is 31.5 Å². The SMILES string of the molecule is NC(=O)OC(CCCF)C(F)C(F)OCCO. The van der Waals surface area contributed by atoms with Crippen molar-refractivity contribution in [3.05, 3.63) is 0 Å². The van der Waals surface area contributed by atoms with Gasteiger partial charge in [0, 0.05) is 0 Å². The van der Waals surface area contributed by atoms with Gasteiger partial charge in [-0.1, -0.05) is 0 Å². The zero-order chi connectivity index (χ0) is 13.3. The van der Waals surface area contributed by atoms with Crippen LogP contribution in [0.25, 0.3) is 0 Å². The Labute approximate surface area is 96.7 Å². The van der Waals surface area contributed by atoms with Crippen LogP contribution in [0.3, 0.4) is 0 Å². The Kier molecular flexibility index (Phi) is 8.51. The van der Waals surface area contributed by atoms with Crippen molar-refractivity contribution in [1.29, 1.82) is 0 Å². The number of halogens is 3. The third kappa shape index (κ3) is 7.01. The monoisotopic (exact) mass is 259 g/mol. The van der Waals surface area contributed by atoms with E-state index < -0.39 is 44.6 Å². The molecule has 0 aliphatic carbocycles. The van der Waals surface area contributed by atoms with Gasteiger partial charge in [0.25, 0.3) is 0 Å². The Morgan fingerprint density at radius 1 is 1.41 bits per heavy atom. The number of hydrogen-bond acceptors (Lipinski definition) is 4. The number of rotatable bonds is 9. The molecule has 0 aliphatic rings. The van der Waals surface area contributed by atoms with E-state index in [-0.39, 0.29) is 12.8 Å². The average Bonchev–Trinajstić information content (AvgIpc) is 2.29. The Morgan fingerprint density at radius 2 is 2.06 bits per heavy atom. The summed E-state index contributed by atoms with van der Waals surface area (Å²) < 4.78 is 47.0. The predicted molar refractivity (Wildman–Crippen MR) is 52.5 cm³/mol. The van der Waals surface area contributed by atoms with Gasteiger partial charge in [-0.25, -0.2) is 13.6 Å². The summed E-state index contributed by atoms with van der Waals surface area (Å²) in [7, 11) is 0. The van der Waals surface area contributed by atoms with Crippen molar-refractivity contribution < 1.29 is 32.5 Å². The predicted octanol–water partition coefficient (Wildman–Crippen LogP) is 0.843. The standard InChI is InChI=1S/C9H16F3NO4/c10-3-1-2-6(17-9(13)15)7(11)8(12)16-5-4-14/h6-8,14H,1-5H2,(H2,13,15). The van der Waals surface area contributed by atoms with Gasteiger partial charge in [0.05, 0.1) is 19.9 Å². The molecule has 0 spiro atoms. The Morgan fingerprint density at radius 3 is 2.53 bits per heavy atom. The molecule has 3 atom stereocenters. The van der Waals surface area contributed by atoms with E-state index in [1.807, 2.05) is 0 Å². The normalized spacial score (nSPS) is 16.2. The second-order valence-corrected chi connectivity index (χ2v) is 3.20. The van der Waals surface area contributed by atoms with E-state index in [1.165, 1.54) is 0 Å².